The van der Waals surface area contributed by atoms with E-state index in [-0.39, 0.29) is 5.97 Å². The summed E-state index contributed by atoms with van der Waals surface area (Å²) in [4.78, 5) is 11.4. The van der Waals surface area contributed by atoms with E-state index in [4.69, 9.17) is 23.7 Å². The monoisotopic (exact) mass is 493 g/mol. The molecule has 0 bridgehead atoms. The molecule has 0 aliphatic rings. The molecular weight excluding hydrogens is 458 g/mol. The number of hydrogen-bond donors (Lipinski definition) is 0. The van der Waals surface area contributed by atoms with E-state index in [0.717, 1.165) is 36.8 Å². The zero-order chi connectivity index (χ0) is 26.3. The Balaban J connectivity index is 1.99. The van der Waals surface area contributed by atoms with Crippen LogP contribution in [0.2, 0.25) is 0 Å². The van der Waals surface area contributed by atoms with Crippen LogP contribution in [0.3, 0.4) is 0 Å². The summed E-state index contributed by atoms with van der Waals surface area (Å²) in [5, 5.41) is 9.76. The third kappa shape index (κ3) is 8.70. The molecule has 0 atom stereocenters. The second kappa shape index (κ2) is 15.2. The van der Waals surface area contributed by atoms with E-state index in [1.54, 1.807) is 39.4 Å². The average Bonchev–Trinajstić information content (AvgIpc) is 2.89. The predicted molar refractivity (Wildman–Crippen MR) is 140 cm³/mol. The molecular formula is C29H35NO6. The van der Waals surface area contributed by atoms with E-state index < -0.39 is 0 Å². The fourth-order valence-corrected chi connectivity index (χ4v) is 3.38. The Morgan fingerprint density at radius 1 is 0.917 bits per heavy atom. The van der Waals surface area contributed by atoms with Crippen LogP contribution in [0.25, 0.3) is 11.6 Å². The van der Waals surface area contributed by atoms with Crippen LogP contribution in [-0.2, 0) is 9.53 Å². The fourth-order valence-electron chi connectivity index (χ4n) is 3.38. The van der Waals surface area contributed by atoms with Crippen LogP contribution in [0, 0.1) is 11.3 Å². The lowest BCUT2D eigenvalue weighted by Crippen LogP contribution is -2.06. The summed E-state index contributed by atoms with van der Waals surface area (Å²) in [6.07, 6.45) is 5.40. The first kappa shape index (κ1) is 28.3. The number of nitriles is 1. The molecule has 2 aromatic rings. The number of rotatable bonds is 15. The topological polar surface area (TPSA) is 87.0 Å². The molecule has 0 unspecified atom stereocenters. The minimum absolute atomic E-state index is 0.342. The normalized spacial score (nSPS) is 10.8. The Hall–Kier alpha value is -3.92. The number of allylic oxidation sites excluding steroid dienone is 1. The number of carbonyl (C=O) groups excluding carboxylic acids is 1. The molecule has 0 aliphatic heterocycles. The number of benzene rings is 2. The quantitative estimate of drug-likeness (QED) is 0.0956. The van der Waals surface area contributed by atoms with Gasteiger partial charge in [-0.3, -0.25) is 0 Å². The molecule has 0 saturated heterocycles. The first-order valence-corrected chi connectivity index (χ1v) is 12.0. The van der Waals surface area contributed by atoms with Gasteiger partial charge in [-0.1, -0.05) is 12.6 Å². The molecule has 192 valence electrons. The molecule has 36 heavy (non-hydrogen) atoms. The zero-order valence-electron chi connectivity index (χ0n) is 21.6. The molecule has 2 rings (SSSR count). The van der Waals surface area contributed by atoms with Crippen molar-refractivity contribution in [1.29, 1.82) is 5.26 Å². The summed E-state index contributed by atoms with van der Waals surface area (Å²) in [6.45, 7) is 8.57. The van der Waals surface area contributed by atoms with Crippen molar-refractivity contribution >= 4 is 17.6 Å². The number of unbranched alkanes of at least 4 members (excludes halogenated alkanes) is 3. The Labute approximate surface area is 213 Å². The summed E-state index contributed by atoms with van der Waals surface area (Å²) in [7, 11) is 3.13. The highest BCUT2D eigenvalue weighted by Gasteiger charge is 2.10. The van der Waals surface area contributed by atoms with Crippen LogP contribution in [0.15, 0.2) is 48.6 Å². The smallest absolute Gasteiger partial charge is 0.333 e. The van der Waals surface area contributed by atoms with Gasteiger partial charge in [0, 0.05) is 5.57 Å². The van der Waals surface area contributed by atoms with E-state index in [1.807, 2.05) is 31.2 Å². The van der Waals surface area contributed by atoms with Gasteiger partial charge in [0.2, 0.25) is 0 Å². The molecule has 0 heterocycles. The summed E-state index contributed by atoms with van der Waals surface area (Å²) in [6, 6.07) is 13.3. The number of methoxy groups -OCH3 is 2. The molecule has 0 N–H and O–H groups in total. The molecule has 0 spiro atoms. The highest BCUT2D eigenvalue weighted by molar-refractivity contribution is 5.90. The Morgan fingerprint density at radius 2 is 1.61 bits per heavy atom. The molecule has 7 nitrogen and oxygen atoms in total. The van der Waals surface area contributed by atoms with E-state index in [0.29, 0.717) is 54.0 Å². The highest BCUT2D eigenvalue weighted by Crippen LogP contribution is 2.33. The van der Waals surface area contributed by atoms with Gasteiger partial charge in [0.1, 0.15) is 0 Å². The van der Waals surface area contributed by atoms with E-state index in [2.05, 4.69) is 12.6 Å². The van der Waals surface area contributed by atoms with Crippen molar-refractivity contribution in [3.8, 4) is 29.1 Å². The maximum absolute atomic E-state index is 11.4. The Kier molecular flexibility index (Phi) is 11.9. The van der Waals surface area contributed by atoms with Gasteiger partial charge in [0.25, 0.3) is 0 Å². The van der Waals surface area contributed by atoms with Crippen LogP contribution >= 0.6 is 0 Å². The molecule has 0 aliphatic carbocycles. The Morgan fingerprint density at radius 3 is 2.25 bits per heavy atom. The van der Waals surface area contributed by atoms with E-state index in [9.17, 15) is 10.1 Å². The average molecular weight is 494 g/mol. The summed E-state index contributed by atoms with van der Waals surface area (Å²) < 4.78 is 27.5. The Bertz CT molecular complexity index is 1100. The molecule has 0 amide bonds. The fraction of sp³-hybridized carbons (Fsp3) is 0.379. The summed E-state index contributed by atoms with van der Waals surface area (Å²) >= 11 is 0. The van der Waals surface area contributed by atoms with Crippen LogP contribution in [0.4, 0.5) is 0 Å². The number of ether oxygens (including phenoxy) is 5. The van der Waals surface area contributed by atoms with Crippen LogP contribution in [0.1, 0.15) is 50.7 Å². The van der Waals surface area contributed by atoms with Gasteiger partial charge in [-0.2, -0.15) is 5.26 Å². The number of nitrogens with zero attached hydrogens (tertiary/aromatic N) is 1. The number of carbonyl (C=O) groups is 1. The highest BCUT2D eigenvalue weighted by atomic mass is 16.5. The van der Waals surface area contributed by atoms with Gasteiger partial charge in [0.05, 0.1) is 45.7 Å². The molecule has 7 heteroatoms. The maximum atomic E-state index is 11.4. The maximum Gasteiger partial charge on any atom is 0.333 e. The van der Waals surface area contributed by atoms with E-state index in [1.165, 1.54) is 0 Å². The second-order valence-electron chi connectivity index (χ2n) is 8.06. The molecule has 0 radical (unpaired) electrons. The third-order valence-corrected chi connectivity index (χ3v) is 5.27. The minimum atomic E-state index is -0.342. The molecule has 0 fully saturated rings. The van der Waals surface area contributed by atoms with Crippen molar-refractivity contribution in [2.45, 2.75) is 39.5 Å². The van der Waals surface area contributed by atoms with Gasteiger partial charge in [0.15, 0.2) is 23.0 Å². The van der Waals surface area contributed by atoms with Crippen molar-refractivity contribution in [2.24, 2.45) is 0 Å². The van der Waals surface area contributed by atoms with Crippen molar-refractivity contribution in [3.05, 3.63) is 59.7 Å². The van der Waals surface area contributed by atoms with Gasteiger partial charge in [-0.25, -0.2) is 4.79 Å². The minimum Gasteiger partial charge on any atom is -0.493 e. The van der Waals surface area contributed by atoms with Gasteiger partial charge >= 0.3 is 5.97 Å². The first-order valence-electron chi connectivity index (χ1n) is 12.0. The van der Waals surface area contributed by atoms with Gasteiger partial charge < -0.3 is 23.7 Å². The van der Waals surface area contributed by atoms with Crippen molar-refractivity contribution < 1.29 is 28.5 Å². The van der Waals surface area contributed by atoms with Crippen molar-refractivity contribution in [2.75, 3.05) is 34.0 Å². The first-order chi connectivity index (χ1) is 17.4. The van der Waals surface area contributed by atoms with Crippen LogP contribution < -0.4 is 18.9 Å². The summed E-state index contributed by atoms with van der Waals surface area (Å²) in [5.41, 5.74) is 2.45. The standard InChI is InChI=1S/C29H35NO6/c1-6-34-28-18-22(17-24(20-30)23-12-14-25(32-4)27(19-23)33-5)11-13-26(28)35-15-9-7-8-10-16-36-29(31)21(2)3/h11-14,17-19H,2,6-10,15-16H2,1,3-5H3/b24-17+. The van der Waals surface area contributed by atoms with Gasteiger partial charge in [-0.15, -0.1) is 0 Å². The zero-order valence-corrected chi connectivity index (χ0v) is 21.6. The third-order valence-electron chi connectivity index (χ3n) is 5.27. The van der Waals surface area contributed by atoms with Crippen LogP contribution in [0.5, 0.6) is 23.0 Å². The predicted octanol–water partition coefficient (Wildman–Crippen LogP) is 6.23. The van der Waals surface area contributed by atoms with Crippen molar-refractivity contribution in [1.82, 2.24) is 0 Å². The van der Waals surface area contributed by atoms with Gasteiger partial charge in [-0.05, 0) is 87.1 Å². The summed E-state index contributed by atoms with van der Waals surface area (Å²) in [5.74, 6) is 2.11. The molecule has 0 saturated carbocycles. The second-order valence-corrected chi connectivity index (χ2v) is 8.06. The lowest BCUT2D eigenvalue weighted by molar-refractivity contribution is -0.139. The SMILES string of the molecule is C=C(C)C(=O)OCCCCCCOc1ccc(/C=C(\C#N)c2ccc(OC)c(OC)c2)cc1OCC. The lowest BCUT2D eigenvalue weighted by Gasteiger charge is -2.13. The number of hydrogen-bond acceptors (Lipinski definition) is 7. The number of esters is 1. The van der Waals surface area contributed by atoms with Crippen molar-refractivity contribution in [3.63, 3.8) is 0 Å². The largest absolute Gasteiger partial charge is 0.493 e. The van der Waals surface area contributed by atoms with E-state index >= 15 is 0 Å². The molecule has 0 aromatic heterocycles. The van der Waals surface area contributed by atoms with Crippen LogP contribution in [-0.4, -0.2) is 40.0 Å². The lowest BCUT2D eigenvalue weighted by atomic mass is 10.0. The molecule has 2 aromatic carbocycles.